The highest BCUT2D eigenvalue weighted by Gasteiger charge is 2.28. The van der Waals surface area contributed by atoms with Crippen LogP contribution in [0.5, 0.6) is 5.88 Å². The van der Waals surface area contributed by atoms with Crippen LogP contribution in [0.3, 0.4) is 0 Å². The van der Waals surface area contributed by atoms with Crippen molar-refractivity contribution in [3.63, 3.8) is 0 Å². The average Bonchev–Trinajstić information content (AvgIpc) is 3.52. The second-order valence-corrected chi connectivity index (χ2v) is 11.6. The van der Waals surface area contributed by atoms with Gasteiger partial charge in [0, 0.05) is 25.2 Å². The third kappa shape index (κ3) is 6.19. The summed E-state index contributed by atoms with van der Waals surface area (Å²) in [7, 11) is 0. The molecule has 4 heterocycles. The molecule has 0 saturated heterocycles. The van der Waals surface area contributed by atoms with Crippen molar-refractivity contribution in [1.29, 1.82) is 0 Å². The highest BCUT2D eigenvalue weighted by Crippen LogP contribution is 2.40. The Morgan fingerprint density at radius 3 is 2.35 bits per heavy atom. The van der Waals surface area contributed by atoms with Crippen LogP contribution in [-0.2, 0) is 19.6 Å². The molecule has 1 amide bonds. The van der Waals surface area contributed by atoms with Gasteiger partial charge in [0.2, 0.25) is 5.88 Å². The second-order valence-electron chi connectivity index (χ2n) is 11.6. The lowest BCUT2D eigenvalue weighted by atomic mass is 10.0. The molecule has 1 aliphatic heterocycles. The summed E-state index contributed by atoms with van der Waals surface area (Å²) in [6.45, 7) is 2.86. The summed E-state index contributed by atoms with van der Waals surface area (Å²) < 4.78 is 37.3. The van der Waals surface area contributed by atoms with E-state index in [9.17, 15) is 9.18 Å². The Bertz CT molecular complexity index is 2070. The van der Waals surface area contributed by atoms with Crippen LogP contribution in [0.15, 0.2) is 97.3 Å². The van der Waals surface area contributed by atoms with E-state index in [1.165, 1.54) is 24.4 Å². The van der Waals surface area contributed by atoms with Crippen LogP contribution in [0.4, 0.5) is 26.1 Å². The minimum absolute atomic E-state index is 0.00698. The SMILES string of the molecule is CC1CNC(=O)c2cnn3c(N(Cc4ccccc4)Cc4ccccc4)c(-c4ccc(N)c(F)c4)c(nc23)NCc2cc(F)cnc2O1. The molecule has 4 N–H and O–H groups in total. The van der Waals surface area contributed by atoms with Gasteiger partial charge in [-0.25, -0.2) is 18.7 Å². The molecule has 3 aromatic carbocycles. The molecule has 0 radical (unpaired) electrons. The van der Waals surface area contributed by atoms with E-state index in [2.05, 4.69) is 20.5 Å². The summed E-state index contributed by atoms with van der Waals surface area (Å²) >= 11 is 0. The maximum absolute atomic E-state index is 15.2. The van der Waals surface area contributed by atoms with Gasteiger partial charge in [0.15, 0.2) is 5.65 Å². The van der Waals surface area contributed by atoms with Gasteiger partial charge >= 0.3 is 0 Å². The van der Waals surface area contributed by atoms with E-state index in [0.29, 0.717) is 41.4 Å². The fourth-order valence-corrected chi connectivity index (χ4v) is 5.76. The molecule has 1 aliphatic rings. The maximum atomic E-state index is 15.2. The highest BCUT2D eigenvalue weighted by atomic mass is 19.1. The number of carbonyl (C=O) groups excluding carboxylic acids is 1. The van der Waals surface area contributed by atoms with Crippen molar-refractivity contribution in [2.45, 2.75) is 32.7 Å². The molecule has 3 aromatic heterocycles. The van der Waals surface area contributed by atoms with E-state index in [4.69, 9.17) is 20.6 Å². The number of carbonyl (C=O) groups is 1. The molecule has 0 saturated carbocycles. The van der Waals surface area contributed by atoms with Crippen LogP contribution in [0, 0.1) is 11.6 Å². The summed E-state index contributed by atoms with van der Waals surface area (Å²) in [5.41, 5.74) is 9.85. The Kier molecular flexibility index (Phi) is 8.28. The normalized spacial score (nSPS) is 14.6. The number of rotatable bonds is 6. The summed E-state index contributed by atoms with van der Waals surface area (Å²) in [4.78, 5) is 24.8. The molecular formula is C36H32F2N8O2. The molecule has 0 spiro atoms. The van der Waals surface area contributed by atoms with Crippen LogP contribution in [-0.4, -0.2) is 38.1 Å². The first kappa shape index (κ1) is 30.6. The minimum atomic E-state index is -0.604. The van der Waals surface area contributed by atoms with Gasteiger partial charge < -0.3 is 26.0 Å². The second kappa shape index (κ2) is 13.0. The molecule has 12 heteroatoms. The Morgan fingerprint density at radius 1 is 0.958 bits per heavy atom. The monoisotopic (exact) mass is 646 g/mol. The number of nitrogens with zero attached hydrogens (tertiary/aromatic N) is 5. The minimum Gasteiger partial charge on any atom is -0.473 e. The number of ether oxygens (including phenoxy) is 1. The number of nitrogens with two attached hydrogens (primary N) is 1. The number of hydrogen-bond acceptors (Lipinski definition) is 8. The van der Waals surface area contributed by atoms with Gasteiger partial charge in [0.25, 0.3) is 5.91 Å². The van der Waals surface area contributed by atoms with E-state index in [-0.39, 0.29) is 35.9 Å². The number of fused-ring (bicyclic) bond motifs is 2. The zero-order valence-corrected chi connectivity index (χ0v) is 26.0. The molecule has 0 aliphatic carbocycles. The van der Waals surface area contributed by atoms with E-state index >= 15 is 4.39 Å². The molecule has 1 atom stereocenters. The van der Waals surface area contributed by atoms with Crippen molar-refractivity contribution >= 4 is 28.9 Å². The van der Waals surface area contributed by atoms with E-state index in [1.54, 1.807) is 17.5 Å². The smallest absolute Gasteiger partial charge is 0.256 e. The molecule has 2 bridgehead atoms. The van der Waals surface area contributed by atoms with Crippen molar-refractivity contribution in [3.8, 4) is 17.0 Å². The lowest BCUT2D eigenvalue weighted by Gasteiger charge is -2.29. The summed E-state index contributed by atoms with van der Waals surface area (Å²) in [6, 6.07) is 25.7. The van der Waals surface area contributed by atoms with E-state index in [1.807, 2.05) is 60.7 Å². The number of amides is 1. The summed E-state index contributed by atoms with van der Waals surface area (Å²) in [5.74, 6) is -0.471. The number of pyridine rings is 1. The van der Waals surface area contributed by atoms with Crippen molar-refractivity contribution in [1.82, 2.24) is 24.9 Å². The lowest BCUT2D eigenvalue weighted by Crippen LogP contribution is -2.34. The average molecular weight is 647 g/mol. The van der Waals surface area contributed by atoms with Crippen LogP contribution >= 0.6 is 0 Å². The number of hydrogen-bond donors (Lipinski definition) is 3. The standard InChI is InChI=1S/C36H32F2N8O2/c1-22-16-41-34(47)28-19-43-46-33(28)44-32(40-17-26-14-27(37)18-42-35(26)48-22)31(25-12-13-30(39)29(38)15-25)36(46)45(20-23-8-4-2-5-9-23)21-24-10-6-3-7-11-24/h2-15,18-19,22H,16-17,20-21,39H2,1H3,(H,40,44)(H,41,47). The molecule has 0 fully saturated rings. The molecule has 10 nitrogen and oxygen atoms in total. The van der Waals surface area contributed by atoms with Crippen molar-refractivity contribution < 1.29 is 18.3 Å². The largest absolute Gasteiger partial charge is 0.473 e. The molecular weight excluding hydrogens is 614 g/mol. The van der Waals surface area contributed by atoms with E-state index < -0.39 is 23.6 Å². The Labute approximate surface area is 275 Å². The summed E-state index contributed by atoms with van der Waals surface area (Å²) in [6.07, 6.45) is 2.07. The van der Waals surface area contributed by atoms with Crippen molar-refractivity contribution in [2.75, 3.05) is 22.5 Å². The van der Waals surface area contributed by atoms with Crippen LogP contribution in [0.1, 0.15) is 34.0 Å². The first-order valence-electron chi connectivity index (χ1n) is 15.5. The summed E-state index contributed by atoms with van der Waals surface area (Å²) in [5, 5.41) is 10.9. The maximum Gasteiger partial charge on any atom is 0.256 e. The highest BCUT2D eigenvalue weighted by molar-refractivity contribution is 6.01. The fraction of sp³-hybridized carbons (Fsp3) is 0.167. The number of nitrogens with one attached hydrogen (secondary N) is 2. The van der Waals surface area contributed by atoms with Gasteiger partial charge in [0.1, 0.15) is 34.9 Å². The van der Waals surface area contributed by atoms with Gasteiger partial charge in [-0.05, 0) is 41.8 Å². The predicted molar refractivity (Wildman–Crippen MR) is 180 cm³/mol. The molecule has 48 heavy (non-hydrogen) atoms. The fourth-order valence-electron chi connectivity index (χ4n) is 5.76. The number of anilines is 3. The van der Waals surface area contributed by atoms with E-state index in [0.717, 1.165) is 17.3 Å². The molecule has 7 rings (SSSR count). The lowest BCUT2D eigenvalue weighted by molar-refractivity contribution is 0.0932. The number of benzene rings is 3. The molecule has 1 unspecified atom stereocenters. The van der Waals surface area contributed by atoms with Crippen molar-refractivity contribution in [2.24, 2.45) is 0 Å². The first-order valence-corrected chi connectivity index (χ1v) is 15.5. The van der Waals surface area contributed by atoms with Gasteiger partial charge in [-0.3, -0.25) is 4.79 Å². The Morgan fingerprint density at radius 2 is 1.67 bits per heavy atom. The predicted octanol–water partition coefficient (Wildman–Crippen LogP) is 5.98. The quantitative estimate of drug-likeness (QED) is 0.189. The van der Waals surface area contributed by atoms with Crippen molar-refractivity contribution in [3.05, 3.63) is 131 Å². The van der Waals surface area contributed by atoms with Gasteiger partial charge in [-0.15, -0.1) is 0 Å². The zero-order chi connectivity index (χ0) is 33.2. The third-order valence-electron chi connectivity index (χ3n) is 8.09. The number of aromatic nitrogens is 4. The van der Waals surface area contributed by atoms with Gasteiger partial charge in [-0.2, -0.15) is 9.61 Å². The molecule has 242 valence electrons. The number of nitrogen functional groups attached to an aromatic ring is 1. The van der Waals surface area contributed by atoms with Crippen LogP contribution in [0.25, 0.3) is 16.8 Å². The topological polar surface area (TPSA) is 123 Å². The Hall–Kier alpha value is -6.04. The number of halogens is 2. The van der Waals surface area contributed by atoms with Crippen LogP contribution in [0.2, 0.25) is 0 Å². The Balaban J connectivity index is 1.51. The van der Waals surface area contributed by atoms with Crippen LogP contribution < -0.4 is 26.0 Å². The third-order valence-corrected chi connectivity index (χ3v) is 8.09. The first-order chi connectivity index (χ1) is 23.3. The van der Waals surface area contributed by atoms with Gasteiger partial charge in [0.05, 0.1) is 30.2 Å². The van der Waals surface area contributed by atoms with Gasteiger partial charge in [-0.1, -0.05) is 66.7 Å². The zero-order valence-electron chi connectivity index (χ0n) is 26.0. The molecule has 6 aromatic rings.